The molecule has 0 atom stereocenters. The molecule has 7 heteroatoms. The number of rotatable bonds is 6. The highest BCUT2D eigenvalue weighted by Gasteiger charge is 2.21. The molecule has 7 nitrogen and oxygen atoms in total. The first kappa shape index (κ1) is 20.7. The normalized spacial score (nSPS) is 14.3. The van der Waals surface area contributed by atoms with Gasteiger partial charge in [-0.3, -0.25) is 20.4 Å². The van der Waals surface area contributed by atoms with E-state index in [0.29, 0.717) is 17.7 Å². The van der Waals surface area contributed by atoms with Crippen LogP contribution in [0.5, 0.6) is 5.75 Å². The fourth-order valence-electron chi connectivity index (χ4n) is 3.52. The van der Waals surface area contributed by atoms with Crippen LogP contribution in [0.2, 0.25) is 0 Å². The first-order chi connectivity index (χ1) is 14.1. The second-order valence-electron chi connectivity index (χ2n) is 7.28. The predicted octanol–water partition coefficient (Wildman–Crippen LogP) is 0.560. The second kappa shape index (κ2) is 9.93. The van der Waals surface area contributed by atoms with Gasteiger partial charge in [-0.15, -0.1) is 0 Å². The van der Waals surface area contributed by atoms with Crippen LogP contribution in [0.3, 0.4) is 0 Å². The average Bonchev–Trinajstić information content (AvgIpc) is 2.77. The van der Waals surface area contributed by atoms with Gasteiger partial charge in [0.2, 0.25) is 5.91 Å². The third kappa shape index (κ3) is 5.71. The molecular weight excluding hydrogens is 368 g/mol. The highest BCUT2D eigenvalue weighted by atomic mass is 16.5. The standard InChI is InChI=1S/C22H28N4O3/c1-17-8-9-20(29-2)19(16-17)22(28)24-23-21(27)10-11-25-12-14-26(15-13-25)18-6-4-3-5-7-18/h3-9,16H,10-15H2,1-2H3,(H,23,27)(H,24,28)/p+1. The number of hydrazine groups is 1. The molecule has 1 heterocycles. The quantitative estimate of drug-likeness (QED) is 0.623. The molecule has 2 aromatic rings. The zero-order chi connectivity index (χ0) is 20.6. The van der Waals surface area contributed by atoms with Crippen molar-refractivity contribution in [2.24, 2.45) is 0 Å². The van der Waals surface area contributed by atoms with Crippen molar-refractivity contribution in [2.45, 2.75) is 13.3 Å². The number of aryl methyl sites for hydroxylation is 1. The van der Waals surface area contributed by atoms with E-state index < -0.39 is 0 Å². The zero-order valence-electron chi connectivity index (χ0n) is 17.0. The number of hydrogen-bond acceptors (Lipinski definition) is 4. The van der Waals surface area contributed by atoms with Gasteiger partial charge in [-0.05, 0) is 31.2 Å². The summed E-state index contributed by atoms with van der Waals surface area (Å²) in [4.78, 5) is 28.3. The van der Waals surface area contributed by atoms with Crippen LogP contribution in [0.15, 0.2) is 48.5 Å². The topological polar surface area (TPSA) is 75.1 Å². The Kier molecular flexibility index (Phi) is 7.08. The van der Waals surface area contributed by atoms with Crippen molar-refractivity contribution in [3.05, 3.63) is 59.7 Å². The van der Waals surface area contributed by atoms with Gasteiger partial charge in [-0.1, -0.05) is 29.8 Å². The van der Waals surface area contributed by atoms with Crippen molar-refractivity contribution in [3.63, 3.8) is 0 Å². The molecule has 1 aliphatic heterocycles. The number of para-hydroxylation sites is 1. The molecule has 1 aliphatic rings. The molecule has 2 aromatic carbocycles. The number of quaternary nitrogens is 1. The summed E-state index contributed by atoms with van der Waals surface area (Å²) in [5.74, 6) is -0.103. The molecule has 3 rings (SSSR count). The highest BCUT2D eigenvalue weighted by Crippen LogP contribution is 2.19. The molecule has 0 unspecified atom stereocenters. The molecule has 0 spiro atoms. The van der Waals surface area contributed by atoms with Gasteiger partial charge in [-0.25, -0.2) is 0 Å². The Morgan fingerprint density at radius 3 is 2.48 bits per heavy atom. The lowest BCUT2D eigenvalue weighted by atomic mass is 10.1. The van der Waals surface area contributed by atoms with Gasteiger partial charge < -0.3 is 14.5 Å². The Labute approximate surface area is 171 Å². The Bertz CT molecular complexity index is 833. The Hall–Kier alpha value is -3.06. The lowest BCUT2D eigenvalue weighted by Gasteiger charge is -2.33. The summed E-state index contributed by atoms with van der Waals surface area (Å²) in [6.45, 7) is 6.59. The minimum atomic E-state index is -0.386. The zero-order valence-corrected chi connectivity index (χ0v) is 17.0. The van der Waals surface area contributed by atoms with E-state index in [1.54, 1.807) is 12.1 Å². The summed E-state index contributed by atoms with van der Waals surface area (Å²) >= 11 is 0. The summed E-state index contributed by atoms with van der Waals surface area (Å²) in [7, 11) is 1.51. The van der Waals surface area contributed by atoms with Crippen LogP contribution in [0, 0.1) is 6.92 Å². The Balaban J connectivity index is 1.40. The van der Waals surface area contributed by atoms with Gasteiger partial charge in [0.25, 0.3) is 5.91 Å². The molecule has 29 heavy (non-hydrogen) atoms. The second-order valence-corrected chi connectivity index (χ2v) is 7.28. The van der Waals surface area contributed by atoms with Gasteiger partial charge in [-0.2, -0.15) is 0 Å². The maximum Gasteiger partial charge on any atom is 0.273 e. The third-order valence-electron chi connectivity index (χ3n) is 5.21. The summed E-state index contributed by atoms with van der Waals surface area (Å²) in [6, 6.07) is 15.7. The van der Waals surface area contributed by atoms with Crippen LogP contribution in [0.1, 0.15) is 22.3 Å². The molecule has 0 saturated carbocycles. The fourth-order valence-corrected chi connectivity index (χ4v) is 3.52. The minimum absolute atomic E-state index is 0.192. The Morgan fingerprint density at radius 2 is 1.79 bits per heavy atom. The van der Waals surface area contributed by atoms with Gasteiger partial charge in [0.15, 0.2) is 0 Å². The van der Waals surface area contributed by atoms with Gasteiger partial charge in [0.1, 0.15) is 5.75 Å². The summed E-state index contributed by atoms with van der Waals surface area (Å²) < 4.78 is 5.21. The molecule has 3 N–H and O–H groups in total. The number of amides is 2. The minimum Gasteiger partial charge on any atom is -0.496 e. The van der Waals surface area contributed by atoms with Crippen LogP contribution in [0.25, 0.3) is 0 Å². The van der Waals surface area contributed by atoms with Gasteiger partial charge in [0.05, 0.1) is 51.8 Å². The molecule has 0 aliphatic carbocycles. The lowest BCUT2D eigenvalue weighted by Crippen LogP contribution is -3.15. The van der Waals surface area contributed by atoms with Crippen molar-refractivity contribution in [1.82, 2.24) is 10.9 Å². The number of nitrogens with zero attached hydrogens (tertiary/aromatic N) is 1. The first-order valence-electron chi connectivity index (χ1n) is 9.94. The molecule has 0 bridgehead atoms. The number of methoxy groups -OCH3 is 1. The number of carbonyl (C=O) groups is 2. The number of benzene rings is 2. The van der Waals surface area contributed by atoms with Crippen LogP contribution in [-0.2, 0) is 4.79 Å². The average molecular weight is 397 g/mol. The molecule has 154 valence electrons. The number of hydrogen-bond donors (Lipinski definition) is 3. The van der Waals surface area contributed by atoms with Crippen molar-refractivity contribution in [3.8, 4) is 5.75 Å². The number of nitrogens with one attached hydrogen (secondary N) is 3. The summed E-state index contributed by atoms with van der Waals surface area (Å²) in [5.41, 5.74) is 7.58. The maximum absolute atomic E-state index is 12.3. The monoisotopic (exact) mass is 397 g/mol. The molecule has 0 radical (unpaired) electrons. The van der Waals surface area contributed by atoms with Crippen molar-refractivity contribution >= 4 is 17.5 Å². The Morgan fingerprint density at radius 1 is 1.07 bits per heavy atom. The molecule has 0 aromatic heterocycles. The van der Waals surface area contributed by atoms with E-state index in [2.05, 4.69) is 40.0 Å². The van der Waals surface area contributed by atoms with E-state index in [9.17, 15) is 9.59 Å². The highest BCUT2D eigenvalue weighted by molar-refractivity contribution is 5.98. The van der Waals surface area contributed by atoms with E-state index in [0.717, 1.165) is 38.3 Å². The number of ether oxygens (including phenoxy) is 1. The summed E-state index contributed by atoms with van der Waals surface area (Å²) in [6.07, 6.45) is 0.367. The smallest absolute Gasteiger partial charge is 0.273 e. The largest absolute Gasteiger partial charge is 0.496 e. The van der Waals surface area contributed by atoms with E-state index >= 15 is 0 Å². The summed E-state index contributed by atoms with van der Waals surface area (Å²) in [5, 5.41) is 0. The third-order valence-corrected chi connectivity index (χ3v) is 5.21. The van der Waals surface area contributed by atoms with Crippen LogP contribution >= 0.6 is 0 Å². The van der Waals surface area contributed by atoms with Crippen LogP contribution in [0.4, 0.5) is 5.69 Å². The SMILES string of the molecule is COc1ccc(C)cc1C(=O)NNC(=O)CC[NH+]1CCN(c2ccccc2)CC1. The maximum atomic E-state index is 12.3. The first-order valence-corrected chi connectivity index (χ1v) is 9.94. The lowest BCUT2D eigenvalue weighted by molar-refractivity contribution is -0.900. The number of anilines is 1. The molecule has 2 amide bonds. The van der Waals surface area contributed by atoms with E-state index in [1.165, 1.54) is 17.7 Å². The fraction of sp³-hybridized carbons (Fsp3) is 0.364. The van der Waals surface area contributed by atoms with Crippen LogP contribution in [-0.4, -0.2) is 51.6 Å². The molecule has 1 fully saturated rings. The number of piperazine rings is 1. The van der Waals surface area contributed by atoms with Crippen molar-refractivity contribution < 1.29 is 19.2 Å². The predicted molar refractivity (Wildman–Crippen MR) is 112 cm³/mol. The number of carbonyl (C=O) groups excluding carboxylic acids is 2. The van der Waals surface area contributed by atoms with E-state index in [1.807, 2.05) is 19.1 Å². The van der Waals surface area contributed by atoms with E-state index in [4.69, 9.17) is 4.74 Å². The van der Waals surface area contributed by atoms with Crippen molar-refractivity contribution in [2.75, 3.05) is 44.7 Å². The molecule has 1 saturated heterocycles. The van der Waals surface area contributed by atoms with Gasteiger partial charge in [0, 0.05) is 5.69 Å². The van der Waals surface area contributed by atoms with Crippen LogP contribution < -0.4 is 25.4 Å². The van der Waals surface area contributed by atoms with Crippen molar-refractivity contribution in [1.29, 1.82) is 0 Å². The molecular formula is C22H29N4O3+. The van der Waals surface area contributed by atoms with Gasteiger partial charge >= 0.3 is 0 Å². The van der Waals surface area contributed by atoms with E-state index in [-0.39, 0.29) is 11.8 Å².